The van der Waals surface area contributed by atoms with Gasteiger partial charge in [0, 0.05) is 11.6 Å². The van der Waals surface area contributed by atoms with Crippen molar-refractivity contribution in [2.45, 2.75) is 37.6 Å². The summed E-state index contributed by atoms with van der Waals surface area (Å²) >= 11 is 0. The first kappa shape index (κ1) is 16.5. The SMILES string of the molecule is Cc1ccc(S(=O)(=O)Nc2cc(C(=O)NC3CC3)ccc2C)cc1. The molecule has 1 fully saturated rings. The molecule has 1 aliphatic carbocycles. The van der Waals surface area contributed by atoms with E-state index < -0.39 is 10.0 Å². The van der Waals surface area contributed by atoms with Crippen molar-refractivity contribution in [2.24, 2.45) is 0 Å². The third kappa shape index (κ3) is 3.76. The molecule has 2 N–H and O–H groups in total. The van der Waals surface area contributed by atoms with Gasteiger partial charge in [-0.2, -0.15) is 0 Å². The largest absolute Gasteiger partial charge is 0.349 e. The van der Waals surface area contributed by atoms with Gasteiger partial charge in [0.2, 0.25) is 0 Å². The van der Waals surface area contributed by atoms with Gasteiger partial charge in [0.25, 0.3) is 15.9 Å². The molecule has 0 radical (unpaired) electrons. The number of hydrogen-bond acceptors (Lipinski definition) is 3. The van der Waals surface area contributed by atoms with Gasteiger partial charge in [0.05, 0.1) is 10.6 Å². The van der Waals surface area contributed by atoms with Gasteiger partial charge in [-0.3, -0.25) is 9.52 Å². The van der Waals surface area contributed by atoms with Gasteiger partial charge in [-0.25, -0.2) is 8.42 Å². The van der Waals surface area contributed by atoms with Crippen molar-refractivity contribution in [3.63, 3.8) is 0 Å². The first-order valence-electron chi connectivity index (χ1n) is 7.86. The van der Waals surface area contributed by atoms with Crippen LogP contribution in [0.2, 0.25) is 0 Å². The van der Waals surface area contributed by atoms with Crippen molar-refractivity contribution in [1.29, 1.82) is 0 Å². The number of anilines is 1. The van der Waals surface area contributed by atoms with E-state index in [1.807, 2.05) is 6.92 Å². The fourth-order valence-electron chi connectivity index (χ4n) is 2.29. The predicted octanol–water partition coefficient (Wildman–Crippen LogP) is 3.00. The van der Waals surface area contributed by atoms with Crippen molar-refractivity contribution in [3.05, 3.63) is 59.2 Å². The van der Waals surface area contributed by atoms with Crippen LogP contribution in [0.3, 0.4) is 0 Å². The number of benzene rings is 2. The zero-order valence-electron chi connectivity index (χ0n) is 13.7. The lowest BCUT2D eigenvalue weighted by atomic mass is 10.1. The molecular weight excluding hydrogens is 324 g/mol. The van der Waals surface area contributed by atoms with Crippen molar-refractivity contribution < 1.29 is 13.2 Å². The molecule has 0 aromatic heterocycles. The van der Waals surface area contributed by atoms with Crippen molar-refractivity contribution in [3.8, 4) is 0 Å². The molecule has 6 heteroatoms. The van der Waals surface area contributed by atoms with Crippen LogP contribution in [-0.2, 0) is 10.0 Å². The van der Waals surface area contributed by atoms with Crippen LogP contribution in [0.5, 0.6) is 0 Å². The molecule has 1 aliphatic rings. The molecule has 2 aromatic carbocycles. The summed E-state index contributed by atoms with van der Waals surface area (Å²) in [4.78, 5) is 12.3. The molecule has 0 spiro atoms. The minimum Gasteiger partial charge on any atom is -0.349 e. The highest BCUT2D eigenvalue weighted by molar-refractivity contribution is 7.92. The summed E-state index contributed by atoms with van der Waals surface area (Å²) in [6.45, 7) is 3.70. The van der Waals surface area contributed by atoms with E-state index in [0.717, 1.165) is 24.0 Å². The van der Waals surface area contributed by atoms with E-state index >= 15 is 0 Å². The molecule has 3 rings (SSSR count). The van der Waals surface area contributed by atoms with Crippen LogP contribution in [-0.4, -0.2) is 20.4 Å². The maximum Gasteiger partial charge on any atom is 0.261 e. The Bertz CT molecular complexity index is 870. The van der Waals surface area contributed by atoms with Crippen LogP contribution in [0, 0.1) is 13.8 Å². The smallest absolute Gasteiger partial charge is 0.261 e. The summed E-state index contributed by atoms with van der Waals surface area (Å²) in [5.41, 5.74) is 2.62. The number of nitrogens with one attached hydrogen (secondary N) is 2. The quantitative estimate of drug-likeness (QED) is 0.875. The second kappa shape index (κ2) is 6.28. The fourth-order valence-corrected chi connectivity index (χ4v) is 3.41. The molecule has 5 nitrogen and oxygen atoms in total. The molecule has 126 valence electrons. The lowest BCUT2D eigenvalue weighted by Gasteiger charge is -2.12. The number of amides is 1. The Hall–Kier alpha value is -2.34. The van der Waals surface area contributed by atoms with Crippen LogP contribution in [0.1, 0.15) is 34.3 Å². The first-order chi connectivity index (χ1) is 11.3. The van der Waals surface area contributed by atoms with E-state index in [1.54, 1.807) is 49.4 Å². The lowest BCUT2D eigenvalue weighted by Crippen LogP contribution is -2.25. The predicted molar refractivity (Wildman–Crippen MR) is 93.7 cm³/mol. The van der Waals surface area contributed by atoms with E-state index in [-0.39, 0.29) is 16.8 Å². The highest BCUT2D eigenvalue weighted by Crippen LogP contribution is 2.23. The van der Waals surface area contributed by atoms with Gasteiger partial charge < -0.3 is 5.32 Å². The van der Waals surface area contributed by atoms with E-state index in [4.69, 9.17) is 0 Å². The number of sulfonamides is 1. The van der Waals surface area contributed by atoms with Gasteiger partial charge >= 0.3 is 0 Å². The normalized spacial score (nSPS) is 14.2. The minimum absolute atomic E-state index is 0.173. The Kier molecular flexibility index (Phi) is 4.32. The third-order valence-corrected chi connectivity index (χ3v) is 5.37. The average Bonchev–Trinajstić information content (AvgIpc) is 3.33. The van der Waals surface area contributed by atoms with Gasteiger partial charge in [0.15, 0.2) is 0 Å². The number of aryl methyl sites for hydroxylation is 2. The van der Waals surface area contributed by atoms with E-state index in [9.17, 15) is 13.2 Å². The molecule has 1 saturated carbocycles. The summed E-state index contributed by atoms with van der Waals surface area (Å²) in [5, 5.41) is 2.90. The summed E-state index contributed by atoms with van der Waals surface area (Å²) < 4.78 is 27.6. The van der Waals surface area contributed by atoms with E-state index in [0.29, 0.717) is 11.3 Å². The minimum atomic E-state index is -3.69. The van der Waals surface area contributed by atoms with Gasteiger partial charge in [-0.15, -0.1) is 0 Å². The number of hydrogen-bond donors (Lipinski definition) is 2. The zero-order valence-corrected chi connectivity index (χ0v) is 14.5. The average molecular weight is 344 g/mol. The summed E-state index contributed by atoms with van der Waals surface area (Å²) in [7, 11) is -3.69. The van der Waals surface area contributed by atoms with Crippen LogP contribution in [0.25, 0.3) is 0 Å². The Morgan fingerprint density at radius 2 is 1.71 bits per heavy atom. The molecule has 0 saturated heterocycles. The Morgan fingerprint density at radius 1 is 1.04 bits per heavy atom. The van der Waals surface area contributed by atoms with Gasteiger partial charge in [0.1, 0.15) is 0 Å². The highest BCUT2D eigenvalue weighted by Gasteiger charge is 2.24. The van der Waals surface area contributed by atoms with Crippen molar-refractivity contribution >= 4 is 21.6 Å². The van der Waals surface area contributed by atoms with Crippen molar-refractivity contribution in [1.82, 2.24) is 5.32 Å². The van der Waals surface area contributed by atoms with Gasteiger partial charge in [-0.1, -0.05) is 23.8 Å². The second-order valence-electron chi connectivity index (χ2n) is 6.20. The topological polar surface area (TPSA) is 75.3 Å². The molecule has 0 aliphatic heterocycles. The first-order valence-corrected chi connectivity index (χ1v) is 9.34. The number of rotatable bonds is 5. The van der Waals surface area contributed by atoms with Gasteiger partial charge in [-0.05, 0) is 56.5 Å². The maximum absolute atomic E-state index is 12.5. The third-order valence-electron chi connectivity index (χ3n) is 3.99. The zero-order chi connectivity index (χ0) is 17.3. The summed E-state index contributed by atoms with van der Waals surface area (Å²) in [6.07, 6.45) is 2.01. The second-order valence-corrected chi connectivity index (χ2v) is 7.88. The van der Waals surface area contributed by atoms with Crippen LogP contribution in [0.4, 0.5) is 5.69 Å². The Morgan fingerprint density at radius 3 is 2.33 bits per heavy atom. The monoisotopic (exact) mass is 344 g/mol. The van der Waals surface area contributed by atoms with Crippen LogP contribution >= 0.6 is 0 Å². The lowest BCUT2D eigenvalue weighted by molar-refractivity contribution is 0.0951. The molecule has 0 bridgehead atoms. The fraction of sp³-hybridized carbons (Fsp3) is 0.278. The van der Waals surface area contributed by atoms with Crippen molar-refractivity contribution in [2.75, 3.05) is 4.72 Å². The van der Waals surface area contributed by atoms with Crippen LogP contribution in [0.15, 0.2) is 47.4 Å². The number of carbonyl (C=O) groups is 1. The standard InChI is InChI=1S/C18H20N2O3S/c1-12-3-9-16(10-4-12)24(22,23)20-17-11-14(6-5-13(17)2)18(21)19-15-7-8-15/h3-6,9-11,15,20H,7-8H2,1-2H3,(H,19,21). The summed E-state index contributed by atoms with van der Waals surface area (Å²) in [5.74, 6) is -0.173. The van der Waals surface area contributed by atoms with E-state index in [2.05, 4.69) is 10.0 Å². The molecular formula is C18H20N2O3S. The van der Waals surface area contributed by atoms with E-state index in [1.165, 1.54) is 0 Å². The molecule has 0 heterocycles. The highest BCUT2D eigenvalue weighted by atomic mass is 32.2. The molecule has 2 aromatic rings. The van der Waals surface area contributed by atoms with Crippen LogP contribution < -0.4 is 10.0 Å². The molecule has 0 atom stereocenters. The summed E-state index contributed by atoms with van der Waals surface area (Å²) in [6, 6.07) is 11.9. The Labute approximate surface area is 142 Å². The maximum atomic E-state index is 12.5. The Balaban J connectivity index is 1.85. The molecule has 1 amide bonds. The molecule has 0 unspecified atom stereocenters. The number of carbonyl (C=O) groups excluding carboxylic acids is 1. The molecule has 24 heavy (non-hydrogen) atoms.